The van der Waals surface area contributed by atoms with E-state index in [2.05, 4.69) is 21.2 Å². The van der Waals surface area contributed by atoms with Gasteiger partial charge in [-0.1, -0.05) is 28.8 Å². The van der Waals surface area contributed by atoms with Crippen molar-refractivity contribution in [2.45, 2.75) is 50.5 Å². The molecule has 1 heterocycles. The molecule has 1 unspecified atom stereocenters. The molecule has 1 atom stereocenters. The molecule has 1 saturated heterocycles. The number of hydrogen-bond acceptors (Lipinski definition) is 1. The third kappa shape index (κ3) is 3.03. The summed E-state index contributed by atoms with van der Waals surface area (Å²) in [5.74, 6) is 0.665. The van der Waals surface area contributed by atoms with Crippen LogP contribution in [0.25, 0.3) is 0 Å². The molecule has 1 N–H and O–H groups in total. The summed E-state index contributed by atoms with van der Waals surface area (Å²) in [7, 11) is 0. The molecule has 0 bridgehead atoms. The van der Waals surface area contributed by atoms with Gasteiger partial charge in [0.05, 0.1) is 0 Å². The molecule has 1 aliphatic carbocycles. The third-order valence-corrected chi connectivity index (χ3v) is 5.42. The highest BCUT2D eigenvalue weighted by atomic mass is 79.9. The molecule has 3 heteroatoms. The summed E-state index contributed by atoms with van der Waals surface area (Å²) in [6.45, 7) is 1.11. The van der Waals surface area contributed by atoms with Gasteiger partial charge in [0.15, 0.2) is 0 Å². The van der Waals surface area contributed by atoms with Crippen molar-refractivity contribution in [1.29, 1.82) is 0 Å². The Kier molecular flexibility index (Phi) is 3.95. The zero-order valence-corrected chi connectivity index (χ0v) is 12.8. The van der Waals surface area contributed by atoms with E-state index in [1.807, 2.05) is 6.07 Å². The van der Waals surface area contributed by atoms with Gasteiger partial charge >= 0.3 is 0 Å². The molecule has 2 fully saturated rings. The number of halogens is 2. The zero-order chi connectivity index (χ0) is 13.3. The average molecular weight is 326 g/mol. The smallest absolute Gasteiger partial charge is 0.123 e. The van der Waals surface area contributed by atoms with Crippen molar-refractivity contribution in [3.05, 3.63) is 34.1 Å². The number of benzene rings is 1. The van der Waals surface area contributed by atoms with Crippen LogP contribution in [0.15, 0.2) is 22.7 Å². The summed E-state index contributed by atoms with van der Waals surface area (Å²) in [5, 5.41) is 3.81. The van der Waals surface area contributed by atoms with Crippen molar-refractivity contribution >= 4 is 15.9 Å². The summed E-state index contributed by atoms with van der Waals surface area (Å²) in [5.41, 5.74) is 1.33. The molecule has 1 aliphatic heterocycles. The van der Waals surface area contributed by atoms with Crippen LogP contribution in [0.5, 0.6) is 0 Å². The van der Waals surface area contributed by atoms with Crippen LogP contribution in [0.2, 0.25) is 0 Å². The molecule has 1 aromatic rings. The maximum Gasteiger partial charge on any atom is 0.123 e. The Morgan fingerprint density at radius 2 is 2.11 bits per heavy atom. The van der Waals surface area contributed by atoms with Crippen LogP contribution in [0.4, 0.5) is 4.39 Å². The van der Waals surface area contributed by atoms with Crippen LogP contribution in [0.1, 0.15) is 44.1 Å². The van der Waals surface area contributed by atoms with Gasteiger partial charge in [0.25, 0.3) is 0 Å². The highest BCUT2D eigenvalue weighted by molar-refractivity contribution is 9.10. The normalized spacial score (nSPS) is 28.1. The van der Waals surface area contributed by atoms with Crippen molar-refractivity contribution in [2.75, 3.05) is 6.54 Å². The molecule has 0 amide bonds. The minimum absolute atomic E-state index is 0.127. The predicted octanol–water partition coefficient (Wildman–Crippen LogP) is 4.44. The van der Waals surface area contributed by atoms with E-state index in [0.29, 0.717) is 0 Å². The van der Waals surface area contributed by atoms with Crippen LogP contribution in [0, 0.1) is 11.7 Å². The van der Waals surface area contributed by atoms with Crippen molar-refractivity contribution in [3.63, 3.8) is 0 Å². The molecular weight excluding hydrogens is 305 g/mol. The van der Waals surface area contributed by atoms with Crippen LogP contribution >= 0.6 is 15.9 Å². The first kappa shape index (κ1) is 13.6. The summed E-state index contributed by atoms with van der Waals surface area (Å²) in [6.07, 6.45) is 8.76. The first-order valence-electron chi connectivity index (χ1n) is 7.39. The molecule has 104 valence electrons. The van der Waals surface area contributed by atoms with Gasteiger partial charge in [0, 0.05) is 10.0 Å². The van der Waals surface area contributed by atoms with E-state index >= 15 is 0 Å². The van der Waals surface area contributed by atoms with E-state index in [-0.39, 0.29) is 11.4 Å². The lowest BCUT2D eigenvalue weighted by Crippen LogP contribution is -2.48. The van der Waals surface area contributed by atoms with E-state index in [0.717, 1.165) is 28.9 Å². The predicted molar refractivity (Wildman–Crippen MR) is 79.7 cm³/mol. The van der Waals surface area contributed by atoms with Crippen LogP contribution in [0.3, 0.4) is 0 Å². The third-order valence-electron chi connectivity index (χ3n) is 4.65. The van der Waals surface area contributed by atoms with Crippen LogP contribution in [-0.4, -0.2) is 12.1 Å². The highest BCUT2D eigenvalue weighted by Gasteiger charge is 2.45. The first-order valence-corrected chi connectivity index (χ1v) is 8.18. The van der Waals surface area contributed by atoms with Gasteiger partial charge < -0.3 is 5.32 Å². The SMILES string of the molecule is Fc1ccc(Br)c(CC2(C3CC3)CCCCCN2)c1. The Morgan fingerprint density at radius 3 is 2.89 bits per heavy atom. The van der Waals surface area contributed by atoms with E-state index in [1.165, 1.54) is 44.6 Å². The number of rotatable bonds is 3. The minimum Gasteiger partial charge on any atom is -0.311 e. The Hall–Kier alpha value is -0.410. The molecule has 3 rings (SSSR count). The maximum atomic E-state index is 13.5. The molecule has 1 aromatic carbocycles. The fraction of sp³-hybridized carbons (Fsp3) is 0.625. The Balaban J connectivity index is 1.86. The van der Waals surface area contributed by atoms with E-state index < -0.39 is 0 Å². The van der Waals surface area contributed by atoms with Gasteiger partial charge in [0.2, 0.25) is 0 Å². The summed E-state index contributed by atoms with van der Waals surface area (Å²) < 4.78 is 14.5. The Bertz CT molecular complexity index is 448. The second-order valence-corrected chi connectivity index (χ2v) is 6.93. The fourth-order valence-electron chi connectivity index (χ4n) is 3.47. The van der Waals surface area contributed by atoms with Gasteiger partial charge in [-0.3, -0.25) is 0 Å². The van der Waals surface area contributed by atoms with Crippen molar-refractivity contribution in [1.82, 2.24) is 5.32 Å². The van der Waals surface area contributed by atoms with Crippen LogP contribution < -0.4 is 5.32 Å². The van der Waals surface area contributed by atoms with Gasteiger partial charge in [0.1, 0.15) is 5.82 Å². The molecule has 0 spiro atoms. The second kappa shape index (κ2) is 5.53. The second-order valence-electron chi connectivity index (χ2n) is 6.08. The van der Waals surface area contributed by atoms with E-state index in [1.54, 1.807) is 6.07 Å². The molecular formula is C16H21BrFN. The largest absolute Gasteiger partial charge is 0.311 e. The minimum atomic E-state index is -0.127. The highest BCUT2D eigenvalue weighted by Crippen LogP contribution is 2.45. The quantitative estimate of drug-likeness (QED) is 0.866. The van der Waals surface area contributed by atoms with Gasteiger partial charge in [-0.2, -0.15) is 0 Å². The van der Waals surface area contributed by atoms with E-state index in [9.17, 15) is 4.39 Å². The fourth-order valence-corrected chi connectivity index (χ4v) is 3.85. The molecule has 0 aromatic heterocycles. The van der Waals surface area contributed by atoms with Crippen LogP contribution in [-0.2, 0) is 6.42 Å². The maximum absolute atomic E-state index is 13.5. The topological polar surface area (TPSA) is 12.0 Å². The molecule has 1 saturated carbocycles. The number of hydrogen-bond donors (Lipinski definition) is 1. The first-order chi connectivity index (χ1) is 9.20. The van der Waals surface area contributed by atoms with Crippen molar-refractivity contribution < 1.29 is 4.39 Å². The lowest BCUT2D eigenvalue weighted by molar-refractivity contribution is 0.270. The van der Waals surface area contributed by atoms with Gasteiger partial charge in [-0.15, -0.1) is 0 Å². The summed E-state index contributed by atoms with van der Waals surface area (Å²) in [6, 6.07) is 5.06. The Labute approximate surface area is 123 Å². The van der Waals surface area contributed by atoms with Crippen molar-refractivity contribution in [2.24, 2.45) is 5.92 Å². The molecule has 1 nitrogen and oxygen atoms in total. The molecule has 2 aliphatic rings. The summed E-state index contributed by atoms with van der Waals surface area (Å²) >= 11 is 3.58. The summed E-state index contributed by atoms with van der Waals surface area (Å²) in [4.78, 5) is 0. The molecule has 0 radical (unpaired) electrons. The average Bonchev–Trinajstić information content (AvgIpc) is 3.20. The standard InChI is InChI=1S/C16H21BrFN/c17-15-7-6-14(18)10-12(15)11-16(13-4-5-13)8-2-1-3-9-19-16/h6-7,10,13,19H,1-5,8-9,11H2. The van der Waals surface area contributed by atoms with E-state index in [4.69, 9.17) is 0 Å². The Morgan fingerprint density at radius 1 is 1.26 bits per heavy atom. The lowest BCUT2D eigenvalue weighted by Gasteiger charge is -2.35. The van der Waals surface area contributed by atoms with Gasteiger partial charge in [-0.05, 0) is 68.3 Å². The number of nitrogens with one attached hydrogen (secondary N) is 1. The molecule has 19 heavy (non-hydrogen) atoms. The lowest BCUT2D eigenvalue weighted by atomic mass is 9.82. The zero-order valence-electron chi connectivity index (χ0n) is 11.2. The monoisotopic (exact) mass is 325 g/mol. The van der Waals surface area contributed by atoms with Gasteiger partial charge in [-0.25, -0.2) is 4.39 Å². The van der Waals surface area contributed by atoms with Crippen molar-refractivity contribution in [3.8, 4) is 0 Å².